The Labute approximate surface area is 131 Å². The summed E-state index contributed by atoms with van der Waals surface area (Å²) in [6, 6.07) is 5.63. The molecule has 0 unspecified atom stereocenters. The Morgan fingerprint density at radius 2 is 1.95 bits per heavy atom. The minimum Gasteiger partial charge on any atom is -0.326 e. The summed E-state index contributed by atoms with van der Waals surface area (Å²) in [7, 11) is 0. The monoisotopic (exact) mass is 352 g/mol. The predicted molar refractivity (Wildman–Crippen MR) is 82.7 cm³/mol. The van der Waals surface area contributed by atoms with Gasteiger partial charge in [-0.1, -0.05) is 15.9 Å². The summed E-state index contributed by atoms with van der Waals surface area (Å²) in [5.41, 5.74) is 1.75. The van der Waals surface area contributed by atoms with Crippen LogP contribution >= 0.6 is 15.9 Å². The number of aryl methyl sites for hydroxylation is 1. The van der Waals surface area contributed by atoms with Crippen LogP contribution in [0.25, 0.3) is 0 Å². The van der Waals surface area contributed by atoms with E-state index in [1.54, 1.807) is 0 Å². The number of imide groups is 1. The van der Waals surface area contributed by atoms with Gasteiger partial charge in [0.25, 0.3) is 0 Å². The van der Waals surface area contributed by atoms with E-state index in [0.717, 1.165) is 15.7 Å². The number of nitrogens with one attached hydrogen (secondary N) is 1. The molecule has 5 nitrogen and oxygen atoms in total. The molecular formula is C15H17BrN2O3. The number of carbonyl (C=O) groups excluding carboxylic acids is 3. The smallest absolute Gasteiger partial charge is 0.229 e. The molecule has 1 aliphatic heterocycles. The summed E-state index contributed by atoms with van der Waals surface area (Å²) >= 11 is 3.37. The molecule has 0 aromatic heterocycles. The summed E-state index contributed by atoms with van der Waals surface area (Å²) in [6.07, 6.45) is 1.36. The molecule has 112 valence electrons. The second kappa shape index (κ2) is 6.85. The van der Waals surface area contributed by atoms with Gasteiger partial charge in [-0.3, -0.25) is 19.3 Å². The van der Waals surface area contributed by atoms with Crippen molar-refractivity contribution in [2.24, 2.45) is 0 Å². The van der Waals surface area contributed by atoms with Crippen molar-refractivity contribution in [1.82, 2.24) is 4.90 Å². The fraction of sp³-hybridized carbons (Fsp3) is 0.400. The number of hydrogen-bond donors (Lipinski definition) is 1. The van der Waals surface area contributed by atoms with Gasteiger partial charge in [-0.25, -0.2) is 0 Å². The summed E-state index contributed by atoms with van der Waals surface area (Å²) in [6.45, 7) is 2.24. The van der Waals surface area contributed by atoms with Crippen molar-refractivity contribution in [3.63, 3.8) is 0 Å². The fourth-order valence-corrected chi connectivity index (χ4v) is 2.73. The lowest BCUT2D eigenvalue weighted by atomic mass is 10.2. The van der Waals surface area contributed by atoms with Gasteiger partial charge in [-0.05, 0) is 37.1 Å². The topological polar surface area (TPSA) is 66.5 Å². The molecule has 0 spiro atoms. The Kier molecular flexibility index (Phi) is 5.12. The number of benzene rings is 1. The highest BCUT2D eigenvalue weighted by Crippen LogP contribution is 2.20. The number of anilines is 1. The van der Waals surface area contributed by atoms with Crippen LogP contribution in [-0.2, 0) is 14.4 Å². The summed E-state index contributed by atoms with van der Waals surface area (Å²) in [5, 5.41) is 2.84. The SMILES string of the molecule is Cc1cc(Br)ccc1NC(=O)CCCN1C(=O)CCC1=O. The van der Waals surface area contributed by atoms with Crippen molar-refractivity contribution in [2.75, 3.05) is 11.9 Å². The van der Waals surface area contributed by atoms with E-state index in [1.165, 1.54) is 4.90 Å². The van der Waals surface area contributed by atoms with Crippen molar-refractivity contribution >= 4 is 39.3 Å². The first kappa shape index (κ1) is 15.7. The molecule has 1 aromatic carbocycles. The average Bonchev–Trinajstić information content (AvgIpc) is 2.74. The molecule has 3 amide bonds. The van der Waals surface area contributed by atoms with E-state index in [2.05, 4.69) is 21.2 Å². The molecule has 6 heteroatoms. The van der Waals surface area contributed by atoms with Gasteiger partial charge in [0.2, 0.25) is 17.7 Å². The fourth-order valence-electron chi connectivity index (χ4n) is 2.25. The van der Waals surface area contributed by atoms with Gasteiger partial charge in [-0.2, -0.15) is 0 Å². The Morgan fingerprint density at radius 3 is 2.57 bits per heavy atom. The zero-order valence-corrected chi connectivity index (χ0v) is 13.4. The zero-order chi connectivity index (χ0) is 15.4. The molecule has 1 aliphatic rings. The van der Waals surface area contributed by atoms with Crippen molar-refractivity contribution in [1.29, 1.82) is 0 Å². The Bertz CT molecular complexity index is 570. The highest BCUT2D eigenvalue weighted by atomic mass is 79.9. The van der Waals surface area contributed by atoms with Crippen LogP contribution in [0.15, 0.2) is 22.7 Å². The minimum absolute atomic E-state index is 0.112. The molecule has 2 rings (SSSR count). The summed E-state index contributed by atoms with van der Waals surface area (Å²) in [5.74, 6) is -0.382. The number of amides is 3. The van der Waals surface area contributed by atoms with E-state index in [1.807, 2.05) is 25.1 Å². The third-order valence-electron chi connectivity index (χ3n) is 3.40. The zero-order valence-electron chi connectivity index (χ0n) is 11.8. The maximum atomic E-state index is 11.9. The highest BCUT2D eigenvalue weighted by molar-refractivity contribution is 9.10. The second-order valence-electron chi connectivity index (χ2n) is 5.05. The van der Waals surface area contributed by atoms with E-state index in [0.29, 0.717) is 25.8 Å². The minimum atomic E-state index is -0.135. The van der Waals surface area contributed by atoms with Gasteiger partial charge in [0.15, 0.2) is 0 Å². The van der Waals surface area contributed by atoms with Crippen LogP contribution in [0.4, 0.5) is 5.69 Å². The number of hydrogen-bond acceptors (Lipinski definition) is 3. The standard InChI is InChI=1S/C15H17BrN2O3/c1-10-9-11(16)4-5-12(10)17-13(19)3-2-8-18-14(20)6-7-15(18)21/h4-5,9H,2-3,6-8H2,1H3,(H,17,19). The molecule has 1 saturated heterocycles. The van der Waals surface area contributed by atoms with E-state index < -0.39 is 0 Å². The molecule has 0 atom stereocenters. The van der Waals surface area contributed by atoms with Gasteiger partial charge < -0.3 is 5.32 Å². The molecule has 1 N–H and O–H groups in total. The maximum Gasteiger partial charge on any atom is 0.229 e. The quantitative estimate of drug-likeness (QED) is 0.828. The number of nitrogens with zero attached hydrogens (tertiary/aromatic N) is 1. The van der Waals surface area contributed by atoms with Crippen LogP contribution in [-0.4, -0.2) is 29.2 Å². The highest BCUT2D eigenvalue weighted by Gasteiger charge is 2.28. The molecular weight excluding hydrogens is 336 g/mol. The van der Waals surface area contributed by atoms with Crippen molar-refractivity contribution in [2.45, 2.75) is 32.6 Å². The Balaban J connectivity index is 1.80. The molecule has 0 saturated carbocycles. The second-order valence-corrected chi connectivity index (χ2v) is 5.97. The van der Waals surface area contributed by atoms with E-state index in [-0.39, 0.29) is 24.1 Å². The van der Waals surface area contributed by atoms with Gasteiger partial charge in [-0.15, -0.1) is 0 Å². The third-order valence-corrected chi connectivity index (χ3v) is 3.90. The molecule has 1 fully saturated rings. The normalized spacial score (nSPS) is 14.7. The van der Waals surface area contributed by atoms with Crippen LogP contribution in [0.3, 0.4) is 0 Å². The van der Waals surface area contributed by atoms with Crippen LogP contribution in [0, 0.1) is 6.92 Å². The van der Waals surface area contributed by atoms with E-state index >= 15 is 0 Å². The molecule has 0 radical (unpaired) electrons. The summed E-state index contributed by atoms with van der Waals surface area (Å²) in [4.78, 5) is 36.0. The molecule has 21 heavy (non-hydrogen) atoms. The molecule has 0 bridgehead atoms. The summed E-state index contributed by atoms with van der Waals surface area (Å²) < 4.78 is 0.962. The number of rotatable bonds is 5. The first-order valence-electron chi connectivity index (χ1n) is 6.86. The maximum absolute atomic E-state index is 11.9. The number of halogens is 1. The van der Waals surface area contributed by atoms with E-state index in [9.17, 15) is 14.4 Å². The number of carbonyl (C=O) groups is 3. The predicted octanol–water partition coefficient (Wildman–Crippen LogP) is 2.63. The first-order chi connectivity index (χ1) is 9.97. The average molecular weight is 353 g/mol. The van der Waals surface area contributed by atoms with E-state index in [4.69, 9.17) is 0 Å². The van der Waals surface area contributed by atoms with Gasteiger partial charge in [0, 0.05) is 36.0 Å². The van der Waals surface area contributed by atoms with Crippen molar-refractivity contribution in [3.8, 4) is 0 Å². The van der Waals surface area contributed by atoms with Gasteiger partial charge >= 0.3 is 0 Å². The van der Waals surface area contributed by atoms with Crippen LogP contribution in [0.1, 0.15) is 31.2 Å². The lowest BCUT2D eigenvalue weighted by Gasteiger charge is -2.13. The Morgan fingerprint density at radius 1 is 1.29 bits per heavy atom. The number of likely N-dealkylation sites (tertiary alicyclic amines) is 1. The van der Waals surface area contributed by atoms with Crippen molar-refractivity contribution < 1.29 is 14.4 Å². The van der Waals surface area contributed by atoms with Crippen LogP contribution in [0.5, 0.6) is 0 Å². The molecule has 1 heterocycles. The van der Waals surface area contributed by atoms with Gasteiger partial charge in [0.05, 0.1) is 0 Å². The lowest BCUT2D eigenvalue weighted by molar-refractivity contribution is -0.138. The lowest BCUT2D eigenvalue weighted by Crippen LogP contribution is -2.30. The largest absolute Gasteiger partial charge is 0.326 e. The third kappa shape index (κ3) is 4.14. The Hall–Kier alpha value is -1.69. The van der Waals surface area contributed by atoms with Gasteiger partial charge in [0.1, 0.15) is 0 Å². The van der Waals surface area contributed by atoms with Crippen LogP contribution in [0.2, 0.25) is 0 Å². The molecule has 1 aromatic rings. The first-order valence-corrected chi connectivity index (χ1v) is 7.66. The molecule has 0 aliphatic carbocycles. The van der Waals surface area contributed by atoms with Crippen molar-refractivity contribution in [3.05, 3.63) is 28.2 Å². The van der Waals surface area contributed by atoms with Crippen LogP contribution < -0.4 is 5.32 Å².